The van der Waals surface area contributed by atoms with Crippen molar-refractivity contribution in [2.45, 2.75) is 57.3 Å². The summed E-state index contributed by atoms with van der Waals surface area (Å²) in [6.45, 7) is 4.67. The molecule has 9 aromatic rings. The molecule has 1 fully saturated rings. The molecular weight excluding hydrogens is 727 g/mol. The van der Waals surface area contributed by atoms with Crippen LogP contribution in [-0.2, 0) is 5.41 Å². The van der Waals surface area contributed by atoms with E-state index in [9.17, 15) is 0 Å². The second-order valence-corrected chi connectivity index (χ2v) is 16.9. The van der Waals surface area contributed by atoms with Crippen LogP contribution in [0.4, 0.5) is 34.1 Å². The van der Waals surface area contributed by atoms with Crippen molar-refractivity contribution in [2.75, 3.05) is 9.80 Å². The maximum absolute atomic E-state index is 2.44. The fourth-order valence-corrected chi connectivity index (χ4v) is 9.56. The van der Waals surface area contributed by atoms with Gasteiger partial charge in [-0.1, -0.05) is 142 Å². The molecule has 1 aliphatic rings. The molecule has 1 heterocycles. The van der Waals surface area contributed by atoms with Gasteiger partial charge in [-0.3, -0.25) is 0 Å². The summed E-state index contributed by atoms with van der Waals surface area (Å²) < 4.78 is 2.39. The zero-order chi connectivity index (χ0) is 40.5. The van der Waals surface area contributed by atoms with E-state index in [1.807, 2.05) is 0 Å². The third-order valence-electron chi connectivity index (χ3n) is 12.9. The van der Waals surface area contributed by atoms with Gasteiger partial charge in [0.15, 0.2) is 0 Å². The van der Waals surface area contributed by atoms with Crippen molar-refractivity contribution in [2.24, 2.45) is 0 Å². The number of nitrogens with zero attached hydrogens (tertiary/aromatic N) is 3. The number of hydrogen-bond donors (Lipinski definition) is 0. The number of anilines is 6. The fraction of sp³-hybridized carbons (Fsp3) is 0.158. The Balaban J connectivity index is 1.02. The Morgan fingerprint density at radius 2 is 0.833 bits per heavy atom. The Morgan fingerprint density at radius 3 is 1.40 bits per heavy atom. The van der Waals surface area contributed by atoms with E-state index in [-0.39, 0.29) is 5.41 Å². The zero-order valence-electron chi connectivity index (χ0n) is 34.6. The first-order valence-corrected chi connectivity index (χ1v) is 21.6. The van der Waals surface area contributed by atoms with Gasteiger partial charge in [-0.05, 0) is 133 Å². The van der Waals surface area contributed by atoms with Crippen molar-refractivity contribution in [3.05, 3.63) is 223 Å². The molecule has 10 rings (SSSR count). The van der Waals surface area contributed by atoms with E-state index in [1.165, 1.54) is 82.0 Å². The largest absolute Gasteiger partial charge is 0.311 e. The number of rotatable bonds is 10. The first-order valence-electron chi connectivity index (χ1n) is 21.6. The molecule has 0 amide bonds. The summed E-state index contributed by atoms with van der Waals surface area (Å²) in [5.41, 5.74) is 14.3. The molecule has 294 valence electrons. The highest BCUT2D eigenvalue weighted by Crippen LogP contribution is 2.43. The van der Waals surface area contributed by atoms with Crippen LogP contribution in [0.25, 0.3) is 27.5 Å². The molecule has 0 unspecified atom stereocenters. The summed E-state index contributed by atoms with van der Waals surface area (Å²) in [5.74, 6) is 0.664. The highest BCUT2D eigenvalue weighted by atomic mass is 15.1. The fourth-order valence-electron chi connectivity index (χ4n) is 9.56. The molecular formula is C57H51N3. The lowest BCUT2D eigenvalue weighted by atomic mass is 9.78. The van der Waals surface area contributed by atoms with E-state index in [0.29, 0.717) is 5.92 Å². The maximum atomic E-state index is 2.44. The second-order valence-electron chi connectivity index (χ2n) is 16.9. The average molecular weight is 778 g/mol. The normalized spacial score (nSPS) is 13.4. The molecule has 0 atom stereocenters. The van der Waals surface area contributed by atoms with Gasteiger partial charge in [0.1, 0.15) is 0 Å². The van der Waals surface area contributed by atoms with Crippen molar-refractivity contribution in [1.29, 1.82) is 0 Å². The Morgan fingerprint density at radius 1 is 0.400 bits per heavy atom. The molecule has 0 spiro atoms. The van der Waals surface area contributed by atoms with E-state index in [2.05, 4.69) is 234 Å². The van der Waals surface area contributed by atoms with Crippen molar-refractivity contribution >= 4 is 55.9 Å². The van der Waals surface area contributed by atoms with Crippen molar-refractivity contribution < 1.29 is 0 Å². The highest BCUT2D eigenvalue weighted by molar-refractivity contribution is 6.10. The van der Waals surface area contributed by atoms with Gasteiger partial charge >= 0.3 is 0 Å². The van der Waals surface area contributed by atoms with Crippen molar-refractivity contribution in [3.8, 4) is 5.69 Å². The van der Waals surface area contributed by atoms with Crippen LogP contribution in [0.2, 0.25) is 0 Å². The lowest BCUT2D eigenvalue weighted by molar-refractivity contribution is 0.443. The van der Waals surface area contributed by atoms with Crippen LogP contribution in [-0.4, -0.2) is 4.57 Å². The molecule has 0 saturated heterocycles. The first kappa shape index (κ1) is 37.4. The van der Waals surface area contributed by atoms with Crippen LogP contribution in [0.1, 0.15) is 68.6 Å². The van der Waals surface area contributed by atoms with Crippen LogP contribution in [0, 0.1) is 0 Å². The molecule has 0 N–H and O–H groups in total. The summed E-state index contributed by atoms with van der Waals surface area (Å²) in [7, 11) is 0. The number of fused-ring (bicyclic) bond motifs is 3. The summed E-state index contributed by atoms with van der Waals surface area (Å²) >= 11 is 0. The van der Waals surface area contributed by atoms with E-state index in [0.717, 1.165) is 28.4 Å². The van der Waals surface area contributed by atoms with E-state index >= 15 is 0 Å². The van der Waals surface area contributed by atoms with Gasteiger partial charge in [-0.15, -0.1) is 0 Å². The third kappa shape index (κ3) is 7.05. The minimum atomic E-state index is -0.216. The van der Waals surface area contributed by atoms with E-state index < -0.39 is 0 Å². The predicted octanol–water partition coefficient (Wildman–Crippen LogP) is 16.1. The molecule has 1 aromatic heterocycles. The smallest absolute Gasteiger partial charge is 0.0542 e. The third-order valence-corrected chi connectivity index (χ3v) is 12.9. The number of para-hydroxylation sites is 4. The Bertz CT molecular complexity index is 2800. The van der Waals surface area contributed by atoms with Crippen LogP contribution in [0.5, 0.6) is 0 Å². The molecule has 0 bridgehead atoms. The summed E-state index contributed by atoms with van der Waals surface area (Å²) in [6.07, 6.45) is 6.63. The molecule has 60 heavy (non-hydrogen) atoms. The Kier molecular flexibility index (Phi) is 10.0. The topological polar surface area (TPSA) is 11.4 Å². The van der Waals surface area contributed by atoms with Crippen LogP contribution < -0.4 is 9.80 Å². The van der Waals surface area contributed by atoms with Crippen LogP contribution in [0.15, 0.2) is 206 Å². The summed E-state index contributed by atoms with van der Waals surface area (Å²) in [5, 5.41) is 2.50. The lowest BCUT2D eigenvalue weighted by Gasteiger charge is -2.30. The van der Waals surface area contributed by atoms with Gasteiger partial charge in [-0.2, -0.15) is 0 Å². The lowest BCUT2D eigenvalue weighted by Crippen LogP contribution is -2.19. The average Bonchev–Trinajstić information content (AvgIpc) is 3.65. The molecule has 1 saturated carbocycles. The van der Waals surface area contributed by atoms with Gasteiger partial charge in [-0.25, -0.2) is 0 Å². The van der Waals surface area contributed by atoms with E-state index in [1.54, 1.807) is 0 Å². The first-order chi connectivity index (χ1) is 29.5. The second kappa shape index (κ2) is 16.1. The highest BCUT2D eigenvalue weighted by Gasteiger charge is 2.25. The number of aromatic nitrogens is 1. The van der Waals surface area contributed by atoms with E-state index in [4.69, 9.17) is 0 Å². The summed E-state index contributed by atoms with van der Waals surface area (Å²) in [4.78, 5) is 4.75. The Hall–Kier alpha value is -6.84. The zero-order valence-corrected chi connectivity index (χ0v) is 34.6. The number of benzene rings is 8. The summed E-state index contributed by atoms with van der Waals surface area (Å²) in [6, 6.07) is 75.5. The SMILES string of the molecule is CC(C)(c1ccc(N(c2ccccc2)c2ccccc2)cc1)c1ccc(N(c2ccc(C3CCCCC3)cc2)c2ccc3c(c2)c2ccccc2n3-c2ccccc2)cc1. The van der Waals surface area contributed by atoms with Gasteiger partial charge in [0.05, 0.1) is 11.0 Å². The maximum Gasteiger partial charge on any atom is 0.0542 e. The van der Waals surface area contributed by atoms with Crippen molar-refractivity contribution in [3.63, 3.8) is 0 Å². The molecule has 0 radical (unpaired) electrons. The van der Waals surface area contributed by atoms with Crippen molar-refractivity contribution in [1.82, 2.24) is 4.57 Å². The van der Waals surface area contributed by atoms with Gasteiger partial charge in [0, 0.05) is 56.0 Å². The quantitative estimate of drug-likeness (QED) is 0.137. The molecule has 0 aliphatic heterocycles. The monoisotopic (exact) mass is 777 g/mol. The molecule has 3 heteroatoms. The molecule has 8 aromatic carbocycles. The van der Waals surface area contributed by atoms with Crippen LogP contribution >= 0.6 is 0 Å². The van der Waals surface area contributed by atoms with Gasteiger partial charge < -0.3 is 14.4 Å². The Labute approximate surface area is 354 Å². The predicted molar refractivity (Wildman–Crippen MR) is 255 cm³/mol. The van der Waals surface area contributed by atoms with Gasteiger partial charge in [0.2, 0.25) is 0 Å². The number of hydrogen-bond acceptors (Lipinski definition) is 2. The van der Waals surface area contributed by atoms with Gasteiger partial charge in [0.25, 0.3) is 0 Å². The standard InChI is InChI=1S/C57H51N3/c1-57(2,44-29-35-50(36-30-44)58(46-19-9-4-10-20-46)47-21-11-5-12-22-47)45-31-37-51(38-32-45)59(49-33-27-43(28-34-49)42-17-7-3-8-18-42)52-39-40-56-54(41-52)53-25-15-16-26-55(53)60(56)48-23-13-6-14-24-48/h4-6,9-16,19-42H,3,7-8,17-18H2,1-2H3. The minimum Gasteiger partial charge on any atom is -0.311 e. The van der Waals surface area contributed by atoms with Crippen LogP contribution in [0.3, 0.4) is 0 Å². The molecule has 1 aliphatic carbocycles. The molecule has 3 nitrogen and oxygen atoms in total. The minimum absolute atomic E-state index is 0.216.